The lowest BCUT2D eigenvalue weighted by atomic mass is 9.98. The summed E-state index contributed by atoms with van der Waals surface area (Å²) in [6.07, 6.45) is 3.39. The predicted octanol–water partition coefficient (Wildman–Crippen LogP) is 5.95. The molecule has 7 nitrogen and oxygen atoms in total. The quantitative estimate of drug-likeness (QED) is 0.292. The summed E-state index contributed by atoms with van der Waals surface area (Å²) in [7, 11) is 0. The first-order chi connectivity index (χ1) is 18.0. The Morgan fingerprint density at radius 1 is 1.13 bits per heavy atom. The van der Waals surface area contributed by atoms with E-state index in [4.69, 9.17) is 0 Å². The Kier molecular flexibility index (Phi) is 7.89. The highest BCUT2D eigenvalue weighted by Gasteiger charge is 2.38. The molecule has 1 atom stereocenters. The van der Waals surface area contributed by atoms with Crippen molar-refractivity contribution in [1.82, 2.24) is 29.5 Å². The molecular weight excluding hydrogens is 493 g/mol. The second-order valence-corrected chi connectivity index (χ2v) is 10.0. The zero-order chi connectivity index (χ0) is 27.6. The lowest BCUT2D eigenvalue weighted by Crippen LogP contribution is -2.32. The number of carbonyl (C=O) groups excluding carboxylic acids is 1. The molecule has 0 bridgehead atoms. The summed E-state index contributed by atoms with van der Waals surface area (Å²) in [4.78, 5) is 21.6. The minimum Gasteiger partial charge on any atom is -0.350 e. The average molecular weight is 527 g/mol. The number of hydrogen-bond donors (Lipinski definition) is 1. The van der Waals surface area contributed by atoms with Gasteiger partial charge in [0.1, 0.15) is 0 Å². The summed E-state index contributed by atoms with van der Waals surface area (Å²) in [5.41, 5.74) is 2.95. The minimum atomic E-state index is -4.60. The summed E-state index contributed by atoms with van der Waals surface area (Å²) in [5, 5.41) is 6.85. The Morgan fingerprint density at radius 3 is 2.55 bits per heavy atom. The molecule has 4 rings (SSSR count). The molecule has 202 valence electrons. The van der Waals surface area contributed by atoms with Crippen LogP contribution in [0.5, 0.6) is 0 Å². The molecular formula is C28H33F3N6O. The van der Waals surface area contributed by atoms with Gasteiger partial charge in [-0.1, -0.05) is 39.8 Å². The van der Waals surface area contributed by atoms with Crippen LogP contribution in [0.25, 0.3) is 16.9 Å². The van der Waals surface area contributed by atoms with Crippen LogP contribution in [0.15, 0.2) is 43.0 Å². The molecule has 4 aromatic rings. The SMILES string of the molecule is CCc1cc(Cc2nccn3c(-c4cn(CC(C)C)nc4C(F)(F)F)cnc23)ccc1C(=O)N[C@@H](C)CC. The van der Waals surface area contributed by atoms with Crippen LogP contribution >= 0.6 is 0 Å². The van der Waals surface area contributed by atoms with Crippen LogP contribution in [0, 0.1) is 5.92 Å². The van der Waals surface area contributed by atoms with Crippen molar-refractivity contribution in [3.63, 3.8) is 0 Å². The van der Waals surface area contributed by atoms with Crippen LogP contribution in [0.1, 0.15) is 73.9 Å². The number of amides is 1. The molecule has 1 amide bonds. The van der Waals surface area contributed by atoms with E-state index in [1.54, 1.807) is 16.8 Å². The molecule has 1 aromatic carbocycles. The largest absolute Gasteiger partial charge is 0.435 e. The first-order valence-corrected chi connectivity index (χ1v) is 12.9. The normalized spacial score (nSPS) is 12.9. The predicted molar refractivity (Wildman–Crippen MR) is 140 cm³/mol. The molecule has 0 unspecified atom stereocenters. The van der Waals surface area contributed by atoms with Gasteiger partial charge >= 0.3 is 6.18 Å². The van der Waals surface area contributed by atoms with Crippen molar-refractivity contribution in [2.75, 3.05) is 0 Å². The Hall–Kier alpha value is -3.69. The number of aromatic nitrogens is 5. The van der Waals surface area contributed by atoms with E-state index < -0.39 is 11.9 Å². The van der Waals surface area contributed by atoms with Gasteiger partial charge in [-0.05, 0) is 42.9 Å². The minimum absolute atomic E-state index is 0.0206. The summed E-state index contributed by atoms with van der Waals surface area (Å²) in [5.74, 6) is 0.0432. The van der Waals surface area contributed by atoms with E-state index in [0.29, 0.717) is 42.0 Å². The van der Waals surface area contributed by atoms with Gasteiger partial charge in [-0.3, -0.25) is 18.9 Å². The van der Waals surface area contributed by atoms with Crippen molar-refractivity contribution >= 4 is 11.6 Å². The number of rotatable bonds is 9. The fourth-order valence-electron chi connectivity index (χ4n) is 4.45. The first kappa shape index (κ1) is 27.3. The highest BCUT2D eigenvalue weighted by atomic mass is 19.4. The van der Waals surface area contributed by atoms with E-state index in [1.165, 1.54) is 17.1 Å². The maximum atomic E-state index is 13.9. The van der Waals surface area contributed by atoms with E-state index >= 15 is 0 Å². The third-order valence-corrected chi connectivity index (χ3v) is 6.52. The van der Waals surface area contributed by atoms with E-state index in [0.717, 1.165) is 17.5 Å². The molecule has 0 aliphatic heterocycles. The van der Waals surface area contributed by atoms with E-state index in [2.05, 4.69) is 20.4 Å². The topological polar surface area (TPSA) is 77.1 Å². The van der Waals surface area contributed by atoms with Gasteiger partial charge in [-0.2, -0.15) is 18.3 Å². The van der Waals surface area contributed by atoms with Crippen LogP contribution in [0.3, 0.4) is 0 Å². The average Bonchev–Trinajstić information content (AvgIpc) is 3.48. The van der Waals surface area contributed by atoms with Gasteiger partial charge in [-0.25, -0.2) is 4.98 Å². The van der Waals surface area contributed by atoms with Crippen LogP contribution in [0.4, 0.5) is 13.2 Å². The van der Waals surface area contributed by atoms with Crippen LogP contribution in [0.2, 0.25) is 0 Å². The standard InChI is InChI=1S/C28H33F3N6O/c1-6-18(5)34-27(38)21-9-8-19(12-20(21)7-2)13-23-26-33-14-24(37(26)11-10-32-23)22-16-36(15-17(3)4)35-25(22)28(29,30)31/h8-12,14,16-18H,6-7,13,15H2,1-5H3,(H,34,38)/t18-/m0/s1. The van der Waals surface area contributed by atoms with Gasteiger partial charge in [0.2, 0.25) is 0 Å². The van der Waals surface area contributed by atoms with Crippen LogP contribution in [-0.2, 0) is 25.6 Å². The number of carbonyl (C=O) groups is 1. The van der Waals surface area contributed by atoms with Crippen LogP contribution in [-0.4, -0.2) is 36.1 Å². The molecule has 3 aromatic heterocycles. The molecule has 1 N–H and O–H groups in total. The fourth-order valence-corrected chi connectivity index (χ4v) is 4.45. The number of nitrogens with one attached hydrogen (secondary N) is 1. The fraction of sp³-hybridized carbons (Fsp3) is 0.429. The second-order valence-electron chi connectivity index (χ2n) is 10.0. The van der Waals surface area contributed by atoms with Gasteiger partial charge in [0.15, 0.2) is 11.3 Å². The molecule has 38 heavy (non-hydrogen) atoms. The molecule has 0 radical (unpaired) electrons. The van der Waals surface area contributed by atoms with Crippen molar-refractivity contribution in [3.8, 4) is 11.3 Å². The second kappa shape index (κ2) is 11.0. The Bertz CT molecular complexity index is 1440. The van der Waals surface area contributed by atoms with Gasteiger partial charge in [-0.15, -0.1) is 0 Å². The summed E-state index contributed by atoms with van der Waals surface area (Å²) < 4.78 is 44.6. The molecule has 10 heteroatoms. The number of halogens is 3. The maximum absolute atomic E-state index is 13.9. The number of imidazole rings is 1. The third kappa shape index (κ3) is 5.74. The lowest BCUT2D eigenvalue weighted by Gasteiger charge is -2.14. The smallest absolute Gasteiger partial charge is 0.350 e. The third-order valence-electron chi connectivity index (χ3n) is 6.52. The molecule has 0 aliphatic rings. The van der Waals surface area contributed by atoms with E-state index in [-0.39, 0.29) is 23.4 Å². The van der Waals surface area contributed by atoms with E-state index in [9.17, 15) is 18.0 Å². The zero-order valence-electron chi connectivity index (χ0n) is 22.3. The number of alkyl halides is 3. The van der Waals surface area contributed by atoms with Gasteiger partial charge in [0.05, 0.1) is 23.1 Å². The van der Waals surface area contributed by atoms with Crippen molar-refractivity contribution in [2.45, 2.75) is 72.6 Å². The summed E-state index contributed by atoms with van der Waals surface area (Å²) in [6, 6.07) is 5.77. The maximum Gasteiger partial charge on any atom is 0.435 e. The highest BCUT2D eigenvalue weighted by molar-refractivity contribution is 5.96. The summed E-state index contributed by atoms with van der Waals surface area (Å²) in [6.45, 7) is 10.2. The van der Waals surface area contributed by atoms with Crippen LogP contribution < -0.4 is 5.32 Å². The number of hydrogen-bond acceptors (Lipinski definition) is 4. The monoisotopic (exact) mass is 526 g/mol. The zero-order valence-corrected chi connectivity index (χ0v) is 22.3. The number of aryl methyl sites for hydroxylation is 1. The molecule has 0 aliphatic carbocycles. The van der Waals surface area contributed by atoms with Gasteiger partial charge < -0.3 is 5.32 Å². The molecule has 3 heterocycles. The lowest BCUT2D eigenvalue weighted by molar-refractivity contribution is -0.141. The number of fused-ring (bicyclic) bond motifs is 1. The molecule has 0 saturated heterocycles. The van der Waals surface area contributed by atoms with Crippen molar-refractivity contribution in [2.24, 2.45) is 5.92 Å². The number of nitrogens with zero attached hydrogens (tertiary/aromatic N) is 5. The van der Waals surface area contributed by atoms with E-state index in [1.807, 2.05) is 52.8 Å². The Labute approximate surface area is 220 Å². The van der Waals surface area contributed by atoms with Crippen molar-refractivity contribution in [3.05, 3.63) is 71.1 Å². The van der Waals surface area contributed by atoms with Gasteiger partial charge in [0, 0.05) is 43.2 Å². The molecule has 0 saturated carbocycles. The highest BCUT2D eigenvalue weighted by Crippen LogP contribution is 2.36. The van der Waals surface area contributed by atoms with Crippen molar-refractivity contribution < 1.29 is 18.0 Å². The first-order valence-electron chi connectivity index (χ1n) is 12.9. The number of benzene rings is 1. The van der Waals surface area contributed by atoms with Gasteiger partial charge in [0.25, 0.3) is 5.91 Å². The Morgan fingerprint density at radius 2 is 1.89 bits per heavy atom. The van der Waals surface area contributed by atoms with Crippen molar-refractivity contribution in [1.29, 1.82) is 0 Å². The Balaban J connectivity index is 1.69. The summed E-state index contributed by atoms with van der Waals surface area (Å²) >= 11 is 0. The molecule has 0 spiro atoms. The molecule has 0 fully saturated rings.